The van der Waals surface area contributed by atoms with Crippen molar-refractivity contribution in [1.29, 1.82) is 0 Å². The zero-order valence-corrected chi connectivity index (χ0v) is 16.3. The fourth-order valence-corrected chi connectivity index (χ4v) is 4.44. The molecule has 1 unspecified atom stereocenters. The summed E-state index contributed by atoms with van der Waals surface area (Å²) in [5.41, 5.74) is 3.12. The Morgan fingerprint density at radius 2 is 1.86 bits per heavy atom. The quantitative estimate of drug-likeness (QED) is 0.525. The Hall–Kier alpha value is -3.16. The Labute approximate surface area is 169 Å². The molecule has 4 aromatic rings. The van der Waals surface area contributed by atoms with Gasteiger partial charge in [0, 0.05) is 36.3 Å². The first-order valence-electron chi connectivity index (χ1n) is 9.82. The Balaban J connectivity index is 1.48. The van der Waals surface area contributed by atoms with Crippen LogP contribution in [0, 0.1) is 0 Å². The molecule has 0 radical (unpaired) electrons. The molecule has 0 saturated carbocycles. The van der Waals surface area contributed by atoms with E-state index >= 15 is 0 Å². The molecular weight excluding hydrogens is 364 g/mol. The molecule has 2 aromatic heterocycles. The normalized spacial score (nSPS) is 19.6. The zero-order chi connectivity index (χ0) is 20.0. The van der Waals surface area contributed by atoms with Gasteiger partial charge in [-0.1, -0.05) is 30.3 Å². The molecule has 2 atom stereocenters. The standard InChI is InChI=1S/C22H24N6O/c1-22(29,17-5-3-2-4-6-17)27-10-9-16(12-27)20-13-28(23)21-8-7-18(11-19(20)21)26-14-24-25-15-26/h2-8,11,13-16,29H,9-10,12,23H2,1H3/t16?,22-/m0/s1. The first-order valence-corrected chi connectivity index (χ1v) is 9.82. The van der Waals surface area contributed by atoms with Gasteiger partial charge in [-0.2, -0.15) is 0 Å². The van der Waals surface area contributed by atoms with Gasteiger partial charge in [0.2, 0.25) is 0 Å². The third-order valence-corrected chi connectivity index (χ3v) is 6.13. The van der Waals surface area contributed by atoms with Crippen molar-refractivity contribution in [3.05, 3.63) is 78.5 Å². The number of likely N-dealkylation sites (tertiary alicyclic amines) is 1. The molecule has 0 spiro atoms. The molecule has 1 aliphatic heterocycles. The number of nitrogen functional groups attached to an aromatic ring is 1. The fourth-order valence-electron chi connectivity index (χ4n) is 4.44. The van der Waals surface area contributed by atoms with Gasteiger partial charge in [0.25, 0.3) is 0 Å². The molecule has 0 bridgehead atoms. The largest absolute Gasteiger partial charge is 0.372 e. The van der Waals surface area contributed by atoms with Gasteiger partial charge in [0.05, 0.1) is 5.52 Å². The summed E-state index contributed by atoms with van der Waals surface area (Å²) in [5.74, 6) is 6.55. The number of benzene rings is 2. The molecule has 3 heterocycles. The first-order chi connectivity index (χ1) is 14.0. The van der Waals surface area contributed by atoms with Gasteiger partial charge < -0.3 is 10.9 Å². The van der Waals surface area contributed by atoms with Crippen LogP contribution in [0.4, 0.5) is 0 Å². The molecule has 0 aliphatic carbocycles. The van der Waals surface area contributed by atoms with Gasteiger partial charge in [-0.05, 0) is 42.7 Å². The van der Waals surface area contributed by atoms with E-state index in [1.807, 2.05) is 60.2 Å². The molecule has 5 rings (SSSR count). The molecule has 1 fully saturated rings. The van der Waals surface area contributed by atoms with Crippen molar-refractivity contribution in [2.24, 2.45) is 0 Å². The summed E-state index contributed by atoms with van der Waals surface area (Å²) in [6.45, 7) is 3.48. The van der Waals surface area contributed by atoms with Crippen LogP contribution in [-0.2, 0) is 5.72 Å². The van der Waals surface area contributed by atoms with Crippen LogP contribution in [0.5, 0.6) is 0 Å². The monoisotopic (exact) mass is 388 g/mol. The van der Waals surface area contributed by atoms with Gasteiger partial charge >= 0.3 is 0 Å². The molecule has 1 saturated heterocycles. The summed E-state index contributed by atoms with van der Waals surface area (Å²) in [6, 6.07) is 16.0. The van der Waals surface area contributed by atoms with Crippen LogP contribution in [0.2, 0.25) is 0 Å². The van der Waals surface area contributed by atoms with Crippen LogP contribution < -0.4 is 5.84 Å². The van der Waals surface area contributed by atoms with E-state index in [9.17, 15) is 5.11 Å². The number of rotatable bonds is 4. The number of aromatic nitrogens is 4. The average molecular weight is 388 g/mol. The Bertz CT molecular complexity index is 1130. The summed E-state index contributed by atoms with van der Waals surface area (Å²) < 4.78 is 3.58. The van der Waals surface area contributed by atoms with Crippen molar-refractivity contribution in [2.45, 2.75) is 25.0 Å². The highest BCUT2D eigenvalue weighted by Gasteiger charge is 2.37. The molecule has 29 heavy (non-hydrogen) atoms. The minimum absolute atomic E-state index is 0.300. The van der Waals surface area contributed by atoms with Crippen LogP contribution >= 0.6 is 0 Å². The second-order valence-corrected chi connectivity index (χ2v) is 7.88. The number of hydrogen-bond acceptors (Lipinski definition) is 5. The first kappa shape index (κ1) is 17.9. The van der Waals surface area contributed by atoms with E-state index in [4.69, 9.17) is 5.84 Å². The number of nitrogens with zero attached hydrogens (tertiary/aromatic N) is 5. The van der Waals surface area contributed by atoms with Crippen molar-refractivity contribution < 1.29 is 5.11 Å². The number of hydrogen-bond donors (Lipinski definition) is 2. The third kappa shape index (κ3) is 2.99. The van der Waals surface area contributed by atoms with Crippen LogP contribution in [-0.4, -0.2) is 42.5 Å². The highest BCUT2D eigenvalue weighted by atomic mass is 16.3. The SMILES string of the molecule is C[C@](O)(c1ccccc1)N1CCC(c2cn(N)c3ccc(-n4cnnc4)cc23)C1. The molecule has 0 amide bonds. The lowest BCUT2D eigenvalue weighted by Gasteiger charge is -2.34. The van der Waals surface area contributed by atoms with E-state index in [1.54, 1.807) is 17.3 Å². The molecule has 7 heteroatoms. The van der Waals surface area contributed by atoms with Crippen LogP contribution in [0.1, 0.15) is 30.4 Å². The third-order valence-electron chi connectivity index (χ3n) is 6.13. The molecule has 2 aromatic carbocycles. The van der Waals surface area contributed by atoms with Crippen molar-refractivity contribution in [3.63, 3.8) is 0 Å². The van der Waals surface area contributed by atoms with E-state index in [0.29, 0.717) is 5.92 Å². The second kappa shape index (κ2) is 6.72. The summed E-state index contributed by atoms with van der Waals surface area (Å²) in [6.07, 6.45) is 6.37. The predicted octanol–water partition coefficient (Wildman–Crippen LogP) is 2.59. The van der Waals surface area contributed by atoms with E-state index in [-0.39, 0.29) is 0 Å². The topological polar surface area (TPSA) is 85.1 Å². The molecule has 7 nitrogen and oxygen atoms in total. The second-order valence-electron chi connectivity index (χ2n) is 7.88. The number of nitrogens with two attached hydrogens (primary N) is 1. The lowest BCUT2D eigenvalue weighted by atomic mass is 9.97. The van der Waals surface area contributed by atoms with Crippen molar-refractivity contribution in [1.82, 2.24) is 24.3 Å². The Kier molecular flexibility index (Phi) is 4.15. The zero-order valence-electron chi connectivity index (χ0n) is 16.3. The molecule has 3 N–H and O–H groups in total. The molecule has 148 valence electrons. The van der Waals surface area contributed by atoms with Gasteiger partial charge in [0.1, 0.15) is 18.4 Å². The van der Waals surface area contributed by atoms with E-state index < -0.39 is 5.72 Å². The summed E-state index contributed by atoms with van der Waals surface area (Å²) >= 11 is 0. The van der Waals surface area contributed by atoms with E-state index in [0.717, 1.165) is 41.7 Å². The van der Waals surface area contributed by atoms with Crippen LogP contribution in [0.3, 0.4) is 0 Å². The fraction of sp³-hybridized carbons (Fsp3) is 0.273. The summed E-state index contributed by atoms with van der Waals surface area (Å²) in [4.78, 5) is 2.15. The maximum Gasteiger partial charge on any atom is 0.141 e. The van der Waals surface area contributed by atoms with Crippen molar-refractivity contribution in [3.8, 4) is 5.69 Å². The maximum atomic E-state index is 11.2. The molecular formula is C22H24N6O. The van der Waals surface area contributed by atoms with Crippen molar-refractivity contribution >= 4 is 10.9 Å². The number of aliphatic hydroxyl groups is 1. The summed E-state index contributed by atoms with van der Waals surface area (Å²) in [5, 5.41) is 20.1. The Morgan fingerprint density at radius 3 is 2.62 bits per heavy atom. The highest BCUT2D eigenvalue weighted by Crippen LogP contribution is 2.38. The van der Waals surface area contributed by atoms with E-state index in [1.165, 1.54) is 5.56 Å². The highest BCUT2D eigenvalue weighted by molar-refractivity contribution is 5.86. The number of fused-ring (bicyclic) bond motifs is 1. The van der Waals surface area contributed by atoms with E-state index in [2.05, 4.69) is 21.2 Å². The summed E-state index contributed by atoms with van der Waals surface area (Å²) in [7, 11) is 0. The lowest BCUT2D eigenvalue weighted by Crippen LogP contribution is -2.42. The van der Waals surface area contributed by atoms with Gasteiger partial charge in [-0.15, -0.1) is 10.2 Å². The predicted molar refractivity (Wildman–Crippen MR) is 112 cm³/mol. The molecule has 1 aliphatic rings. The van der Waals surface area contributed by atoms with Crippen molar-refractivity contribution in [2.75, 3.05) is 18.9 Å². The average Bonchev–Trinajstić information content (AvgIpc) is 3.49. The van der Waals surface area contributed by atoms with Crippen LogP contribution in [0.25, 0.3) is 16.6 Å². The van der Waals surface area contributed by atoms with Gasteiger partial charge in [-0.25, -0.2) is 0 Å². The minimum Gasteiger partial charge on any atom is -0.372 e. The minimum atomic E-state index is -0.995. The van der Waals surface area contributed by atoms with Gasteiger partial charge in [0.15, 0.2) is 0 Å². The smallest absolute Gasteiger partial charge is 0.141 e. The lowest BCUT2D eigenvalue weighted by molar-refractivity contribution is -0.0889. The van der Waals surface area contributed by atoms with Crippen LogP contribution in [0.15, 0.2) is 67.4 Å². The maximum absolute atomic E-state index is 11.2. The van der Waals surface area contributed by atoms with Gasteiger partial charge in [-0.3, -0.25) is 14.1 Å². The Morgan fingerprint density at radius 1 is 1.10 bits per heavy atom.